The number of thiazole rings is 1. The molecule has 0 atom stereocenters. The van der Waals surface area contributed by atoms with Gasteiger partial charge in [0.05, 0.1) is 20.6 Å². The monoisotopic (exact) mass is 359 g/mol. The van der Waals surface area contributed by atoms with Crippen molar-refractivity contribution in [2.24, 2.45) is 5.41 Å². The molecule has 0 unspecified atom stereocenters. The Morgan fingerprint density at radius 3 is 2.64 bits per heavy atom. The third-order valence-corrected chi connectivity index (χ3v) is 5.55. The lowest BCUT2D eigenvalue weighted by atomic mass is 9.79. The molecular weight excluding hydrogens is 338 g/mol. The van der Waals surface area contributed by atoms with Gasteiger partial charge >= 0.3 is 5.97 Å². The summed E-state index contributed by atoms with van der Waals surface area (Å²) in [4.78, 5) is 17.5. The van der Waals surface area contributed by atoms with Crippen LogP contribution < -0.4 is 0 Å². The van der Waals surface area contributed by atoms with Crippen LogP contribution in [0.15, 0.2) is 28.7 Å². The van der Waals surface area contributed by atoms with Crippen molar-refractivity contribution >= 4 is 27.5 Å². The number of hydrogen-bond donors (Lipinski definition) is 0. The van der Waals surface area contributed by atoms with Crippen molar-refractivity contribution in [2.45, 2.75) is 46.6 Å². The molecule has 0 aliphatic rings. The summed E-state index contributed by atoms with van der Waals surface area (Å²) in [5, 5.41) is 8.56. The summed E-state index contributed by atoms with van der Waals surface area (Å²) < 4.78 is 11.9. The first-order valence-corrected chi connectivity index (χ1v) is 9.18. The highest BCUT2D eigenvalue weighted by Crippen LogP contribution is 2.35. The van der Waals surface area contributed by atoms with Crippen molar-refractivity contribution in [3.8, 4) is 0 Å². The summed E-state index contributed by atoms with van der Waals surface area (Å²) >= 11 is 1.63. The fraction of sp³-hybridized carbons (Fsp3) is 0.444. The molecule has 0 saturated heterocycles. The number of para-hydroxylation sites is 1. The average Bonchev–Trinajstić information content (AvgIpc) is 3.22. The third kappa shape index (κ3) is 3.71. The van der Waals surface area contributed by atoms with Crippen LogP contribution in [0.1, 0.15) is 43.5 Å². The molecule has 3 aromatic rings. The van der Waals surface area contributed by atoms with Gasteiger partial charge in [0.25, 0.3) is 5.89 Å². The van der Waals surface area contributed by atoms with Gasteiger partial charge in [0.1, 0.15) is 0 Å². The van der Waals surface area contributed by atoms with E-state index in [2.05, 4.69) is 15.2 Å². The molecule has 0 amide bonds. The fourth-order valence-corrected chi connectivity index (χ4v) is 3.93. The number of hydrogen-bond acceptors (Lipinski definition) is 7. The summed E-state index contributed by atoms with van der Waals surface area (Å²) in [6.07, 6.45) is 1.93. The largest absolute Gasteiger partial charge is 0.455 e. The number of aromatic nitrogens is 3. The van der Waals surface area contributed by atoms with Crippen molar-refractivity contribution in [2.75, 3.05) is 0 Å². The van der Waals surface area contributed by atoms with Crippen molar-refractivity contribution < 1.29 is 13.9 Å². The lowest BCUT2D eigenvalue weighted by Crippen LogP contribution is -2.34. The first-order valence-electron chi connectivity index (χ1n) is 8.37. The zero-order valence-electron chi connectivity index (χ0n) is 14.6. The molecule has 0 saturated carbocycles. The van der Waals surface area contributed by atoms with Crippen molar-refractivity contribution in [3.63, 3.8) is 0 Å². The minimum absolute atomic E-state index is 0.00126. The van der Waals surface area contributed by atoms with E-state index < -0.39 is 5.41 Å². The van der Waals surface area contributed by atoms with E-state index >= 15 is 0 Å². The van der Waals surface area contributed by atoms with Crippen LogP contribution in [0, 0.1) is 12.3 Å². The number of carbonyl (C=O) groups is 1. The van der Waals surface area contributed by atoms with E-state index in [4.69, 9.17) is 9.15 Å². The Hall–Kier alpha value is -2.28. The SMILES string of the molecule is CCC(CC)(Cc1nc2ccccc2s1)C(=O)OCc1nnc(C)o1. The summed E-state index contributed by atoms with van der Waals surface area (Å²) in [7, 11) is 0. The van der Waals surface area contributed by atoms with E-state index in [1.54, 1.807) is 18.3 Å². The smallest absolute Gasteiger partial charge is 0.312 e. The lowest BCUT2D eigenvalue weighted by Gasteiger charge is -2.28. The maximum absolute atomic E-state index is 12.8. The fourth-order valence-electron chi connectivity index (χ4n) is 2.82. The van der Waals surface area contributed by atoms with E-state index in [9.17, 15) is 4.79 Å². The van der Waals surface area contributed by atoms with Crippen LogP contribution in [0.2, 0.25) is 0 Å². The predicted molar refractivity (Wildman–Crippen MR) is 95.2 cm³/mol. The average molecular weight is 359 g/mol. The van der Waals surface area contributed by atoms with Gasteiger partial charge in [-0.25, -0.2) is 4.98 Å². The highest BCUT2D eigenvalue weighted by molar-refractivity contribution is 7.18. The predicted octanol–water partition coefficient (Wildman–Crippen LogP) is 4.08. The Kier molecular flexibility index (Phi) is 5.13. The van der Waals surface area contributed by atoms with Gasteiger partial charge in [-0.2, -0.15) is 0 Å². The summed E-state index contributed by atoms with van der Waals surface area (Å²) in [6.45, 7) is 5.72. The molecule has 0 fully saturated rings. The highest BCUT2D eigenvalue weighted by atomic mass is 32.1. The number of esters is 1. The van der Waals surface area contributed by atoms with E-state index in [0.29, 0.717) is 31.0 Å². The van der Waals surface area contributed by atoms with Crippen LogP contribution in [0.25, 0.3) is 10.2 Å². The number of ether oxygens (including phenoxy) is 1. The molecule has 7 heteroatoms. The summed E-state index contributed by atoms with van der Waals surface area (Å²) in [5.41, 5.74) is 0.376. The Bertz CT molecular complexity index is 834. The molecular formula is C18H21N3O3S. The normalized spacial score (nSPS) is 11.8. The minimum atomic E-state index is -0.594. The Morgan fingerprint density at radius 1 is 1.24 bits per heavy atom. The van der Waals surface area contributed by atoms with Gasteiger partial charge in [0.2, 0.25) is 5.89 Å². The molecule has 6 nitrogen and oxygen atoms in total. The molecule has 3 rings (SSSR count). The Labute approximate surface area is 150 Å². The molecule has 0 aliphatic carbocycles. The zero-order valence-corrected chi connectivity index (χ0v) is 15.4. The number of rotatable bonds is 7. The number of nitrogens with zero attached hydrogens (tertiary/aromatic N) is 3. The van der Waals surface area contributed by atoms with Crippen molar-refractivity contribution in [1.29, 1.82) is 0 Å². The van der Waals surface area contributed by atoms with Gasteiger partial charge in [-0.1, -0.05) is 26.0 Å². The third-order valence-electron chi connectivity index (χ3n) is 4.51. The van der Waals surface area contributed by atoms with Crippen LogP contribution in [0.4, 0.5) is 0 Å². The molecule has 2 aromatic heterocycles. The van der Waals surface area contributed by atoms with Crippen LogP contribution in [-0.4, -0.2) is 21.2 Å². The number of fused-ring (bicyclic) bond motifs is 1. The lowest BCUT2D eigenvalue weighted by molar-refractivity contribution is -0.158. The quantitative estimate of drug-likeness (QED) is 0.592. The van der Waals surface area contributed by atoms with Gasteiger partial charge < -0.3 is 9.15 Å². The molecule has 132 valence electrons. The summed E-state index contributed by atoms with van der Waals surface area (Å²) in [6, 6.07) is 8.01. The van der Waals surface area contributed by atoms with Gasteiger partial charge in [-0.15, -0.1) is 21.5 Å². The topological polar surface area (TPSA) is 78.1 Å². The van der Waals surface area contributed by atoms with Gasteiger partial charge in [-0.05, 0) is 25.0 Å². The van der Waals surface area contributed by atoms with Gasteiger partial charge in [0.15, 0.2) is 6.61 Å². The van der Waals surface area contributed by atoms with Crippen LogP contribution in [-0.2, 0) is 22.6 Å². The van der Waals surface area contributed by atoms with E-state index in [1.807, 2.05) is 38.1 Å². The van der Waals surface area contributed by atoms with E-state index in [-0.39, 0.29) is 12.6 Å². The molecule has 2 heterocycles. The van der Waals surface area contributed by atoms with E-state index in [1.165, 1.54) is 0 Å². The number of aryl methyl sites for hydroxylation is 1. The molecule has 0 N–H and O–H groups in total. The maximum atomic E-state index is 12.8. The van der Waals surface area contributed by atoms with Gasteiger partial charge in [-0.3, -0.25) is 4.79 Å². The van der Waals surface area contributed by atoms with Crippen LogP contribution in [0.5, 0.6) is 0 Å². The molecule has 25 heavy (non-hydrogen) atoms. The molecule has 0 aliphatic heterocycles. The highest BCUT2D eigenvalue weighted by Gasteiger charge is 2.38. The second-order valence-electron chi connectivity index (χ2n) is 6.03. The molecule has 0 bridgehead atoms. The van der Waals surface area contributed by atoms with Crippen molar-refractivity contribution in [1.82, 2.24) is 15.2 Å². The van der Waals surface area contributed by atoms with Crippen LogP contribution in [0.3, 0.4) is 0 Å². The van der Waals surface area contributed by atoms with Gasteiger partial charge in [0, 0.05) is 13.3 Å². The maximum Gasteiger partial charge on any atom is 0.312 e. The van der Waals surface area contributed by atoms with E-state index in [0.717, 1.165) is 15.2 Å². The first kappa shape index (κ1) is 17.5. The second kappa shape index (κ2) is 7.31. The second-order valence-corrected chi connectivity index (χ2v) is 7.15. The van der Waals surface area contributed by atoms with Crippen LogP contribution >= 0.6 is 11.3 Å². The molecule has 1 aromatic carbocycles. The standard InChI is InChI=1S/C18H21N3O3S/c1-4-18(5-2,17(22)23-11-15-21-20-12(3)24-15)10-16-19-13-8-6-7-9-14(13)25-16/h6-9H,4-5,10-11H2,1-3H3. The van der Waals surface area contributed by atoms with Crippen molar-refractivity contribution in [3.05, 3.63) is 41.1 Å². The Balaban J connectivity index is 1.76. The molecule has 0 radical (unpaired) electrons. The summed E-state index contributed by atoms with van der Waals surface area (Å²) in [5.74, 6) is 0.525. The number of carbonyl (C=O) groups excluding carboxylic acids is 1. The Morgan fingerprint density at radius 2 is 2.00 bits per heavy atom. The molecule has 0 spiro atoms. The number of benzene rings is 1. The first-order chi connectivity index (χ1) is 12.1. The minimum Gasteiger partial charge on any atom is -0.455 e. The zero-order chi connectivity index (χ0) is 17.9.